The molecule has 2 aliphatic heterocycles. The van der Waals surface area contributed by atoms with Crippen LogP contribution >= 0.6 is 0 Å². The number of piperidine rings is 1. The number of ether oxygens (including phenoxy) is 1. The lowest BCUT2D eigenvalue weighted by atomic mass is 9.94. The van der Waals surface area contributed by atoms with Gasteiger partial charge in [0.25, 0.3) is 5.91 Å². The second-order valence-electron chi connectivity index (χ2n) is 7.26. The molecule has 1 amide bonds. The number of nitrogens with zero attached hydrogens (tertiary/aromatic N) is 2. The van der Waals surface area contributed by atoms with Crippen LogP contribution in [0.5, 0.6) is 0 Å². The Bertz CT molecular complexity index is 890. The van der Waals surface area contributed by atoms with Crippen molar-refractivity contribution in [2.45, 2.75) is 31.6 Å². The molecule has 0 unspecified atom stereocenters. The van der Waals surface area contributed by atoms with E-state index in [-0.39, 0.29) is 10.8 Å². The van der Waals surface area contributed by atoms with E-state index in [4.69, 9.17) is 10.00 Å². The van der Waals surface area contributed by atoms with Gasteiger partial charge in [0.1, 0.15) is 6.07 Å². The molecular weight excluding hydrogens is 366 g/mol. The minimum atomic E-state index is -3.58. The molecule has 2 heterocycles. The summed E-state index contributed by atoms with van der Waals surface area (Å²) in [5.41, 5.74) is 0.700. The fourth-order valence-corrected chi connectivity index (χ4v) is 5.26. The van der Waals surface area contributed by atoms with E-state index in [1.54, 1.807) is 0 Å². The van der Waals surface area contributed by atoms with Crippen molar-refractivity contribution in [3.8, 4) is 6.07 Å². The van der Waals surface area contributed by atoms with Crippen molar-refractivity contribution in [3.63, 3.8) is 0 Å². The van der Waals surface area contributed by atoms with Gasteiger partial charge in [-0.2, -0.15) is 9.57 Å². The lowest BCUT2D eigenvalue weighted by molar-refractivity contribution is 0.0930. The molecule has 0 aliphatic carbocycles. The van der Waals surface area contributed by atoms with Gasteiger partial charge in [0.15, 0.2) is 0 Å². The average molecular weight is 389 g/mol. The van der Waals surface area contributed by atoms with Gasteiger partial charge < -0.3 is 4.74 Å². The lowest BCUT2D eigenvalue weighted by Crippen LogP contribution is -2.42. The highest BCUT2D eigenvalue weighted by molar-refractivity contribution is 7.89. The smallest absolute Gasteiger partial charge is 0.257 e. The Labute approximate surface area is 159 Å². The Balaban J connectivity index is 1.75. The van der Waals surface area contributed by atoms with Crippen LogP contribution in [0.2, 0.25) is 0 Å². The molecule has 1 saturated heterocycles. The molecule has 2 aliphatic rings. The number of nitriles is 1. The summed E-state index contributed by atoms with van der Waals surface area (Å²) in [6, 6.07) is 7.84. The summed E-state index contributed by atoms with van der Waals surface area (Å²) in [4.78, 5) is 12.5. The number of rotatable bonds is 4. The maximum atomic E-state index is 12.9. The number of carbonyl (C=O) groups excluding carboxylic acids is 1. The van der Waals surface area contributed by atoms with Crippen LogP contribution in [0.1, 0.15) is 37.0 Å². The first kappa shape index (κ1) is 19.4. The van der Waals surface area contributed by atoms with E-state index in [9.17, 15) is 13.2 Å². The van der Waals surface area contributed by atoms with Crippen molar-refractivity contribution in [1.82, 2.24) is 9.62 Å². The van der Waals surface area contributed by atoms with Crippen molar-refractivity contribution in [3.05, 3.63) is 41.3 Å². The first-order valence-electron chi connectivity index (χ1n) is 8.99. The quantitative estimate of drug-likeness (QED) is 0.851. The Kier molecular flexibility index (Phi) is 5.53. The number of benzene rings is 1. The highest BCUT2D eigenvalue weighted by Crippen LogP contribution is 2.27. The molecule has 0 aromatic heterocycles. The van der Waals surface area contributed by atoms with Gasteiger partial charge >= 0.3 is 0 Å². The third kappa shape index (κ3) is 4.15. The largest absolute Gasteiger partial charge is 0.478 e. The van der Waals surface area contributed by atoms with Crippen molar-refractivity contribution in [2.75, 3.05) is 19.7 Å². The Morgan fingerprint density at radius 3 is 2.44 bits per heavy atom. The van der Waals surface area contributed by atoms with E-state index in [0.29, 0.717) is 49.1 Å². The summed E-state index contributed by atoms with van der Waals surface area (Å²) in [6.07, 6.45) is 1.49. The molecule has 3 rings (SSSR count). The zero-order valence-corrected chi connectivity index (χ0v) is 16.3. The number of amides is 1. The van der Waals surface area contributed by atoms with Gasteiger partial charge in [0, 0.05) is 25.1 Å². The molecule has 7 nitrogen and oxygen atoms in total. The number of carbonyl (C=O) groups is 1. The zero-order valence-electron chi connectivity index (χ0n) is 15.4. The molecule has 0 bridgehead atoms. The molecule has 1 N–H and O–H groups in total. The third-order valence-electron chi connectivity index (χ3n) is 4.82. The molecule has 27 heavy (non-hydrogen) atoms. The first-order valence-corrected chi connectivity index (χ1v) is 10.4. The predicted molar refractivity (Wildman–Crippen MR) is 98.8 cm³/mol. The van der Waals surface area contributed by atoms with Crippen LogP contribution in [-0.4, -0.2) is 38.3 Å². The second-order valence-corrected chi connectivity index (χ2v) is 9.20. The lowest BCUT2D eigenvalue weighted by Gasteiger charge is -2.34. The molecule has 1 fully saturated rings. The molecule has 0 saturated carbocycles. The first-order chi connectivity index (χ1) is 12.8. The van der Waals surface area contributed by atoms with Crippen LogP contribution in [0, 0.1) is 23.2 Å². The van der Waals surface area contributed by atoms with E-state index in [2.05, 4.69) is 19.2 Å². The zero-order chi connectivity index (χ0) is 19.6. The Morgan fingerprint density at radius 1 is 1.22 bits per heavy atom. The van der Waals surface area contributed by atoms with Gasteiger partial charge in [-0.3, -0.25) is 10.1 Å². The van der Waals surface area contributed by atoms with Gasteiger partial charge in [-0.05, 0) is 42.5 Å². The minimum absolute atomic E-state index is 0.175. The average Bonchev–Trinajstić information content (AvgIpc) is 3.08. The van der Waals surface area contributed by atoms with Gasteiger partial charge in [0.05, 0.1) is 17.1 Å². The van der Waals surface area contributed by atoms with Crippen LogP contribution in [0.4, 0.5) is 0 Å². The third-order valence-corrected chi connectivity index (χ3v) is 6.67. The maximum absolute atomic E-state index is 12.9. The molecular formula is C19H23N3O4S. The summed E-state index contributed by atoms with van der Waals surface area (Å²) in [5.74, 6) is 0.379. The minimum Gasteiger partial charge on any atom is -0.478 e. The summed E-state index contributed by atoms with van der Waals surface area (Å²) in [5, 5.41) is 11.6. The molecule has 0 radical (unpaired) electrons. The van der Waals surface area contributed by atoms with E-state index in [0.717, 1.165) is 6.42 Å². The summed E-state index contributed by atoms with van der Waals surface area (Å²) in [6.45, 7) is 5.50. The van der Waals surface area contributed by atoms with Crippen LogP contribution in [0.25, 0.3) is 0 Å². The van der Waals surface area contributed by atoms with Crippen LogP contribution in [0.3, 0.4) is 0 Å². The number of hydrogen-bond donors (Lipinski definition) is 1. The van der Waals surface area contributed by atoms with E-state index < -0.39 is 15.9 Å². The fourth-order valence-electron chi connectivity index (χ4n) is 3.58. The number of hydrogen-bond acceptors (Lipinski definition) is 5. The molecule has 1 aromatic rings. The molecule has 8 heteroatoms. The van der Waals surface area contributed by atoms with Crippen LogP contribution < -0.4 is 5.32 Å². The van der Waals surface area contributed by atoms with Crippen molar-refractivity contribution in [2.24, 2.45) is 11.8 Å². The standard InChI is InChI=1S/C19H23N3O4S/c1-13-9-14(2)12-22(11-13)27(24,25)17-5-3-15(4-6-17)18(23)21-19-16(10-20)7-8-26-19/h3-6,13-14H,7-9,11-12H2,1-2H3,(H,21,23)/t13-,14+. The van der Waals surface area contributed by atoms with Crippen molar-refractivity contribution in [1.29, 1.82) is 5.26 Å². The van der Waals surface area contributed by atoms with Gasteiger partial charge in [-0.25, -0.2) is 8.42 Å². The van der Waals surface area contributed by atoms with Crippen molar-refractivity contribution < 1.29 is 17.9 Å². The predicted octanol–water partition coefficient (Wildman–Crippen LogP) is 2.24. The highest BCUT2D eigenvalue weighted by atomic mass is 32.2. The Hall–Kier alpha value is -2.37. The SMILES string of the molecule is C[C@@H]1C[C@H](C)CN(S(=O)(=O)c2ccc(C(=O)NC3=C(C#N)CCO3)cc2)C1. The van der Waals surface area contributed by atoms with E-state index in [1.165, 1.54) is 28.6 Å². The fraction of sp³-hybridized carbons (Fsp3) is 0.474. The van der Waals surface area contributed by atoms with Crippen LogP contribution in [-0.2, 0) is 14.8 Å². The van der Waals surface area contributed by atoms with E-state index >= 15 is 0 Å². The highest BCUT2D eigenvalue weighted by Gasteiger charge is 2.31. The number of sulfonamides is 1. The van der Waals surface area contributed by atoms with E-state index in [1.807, 2.05) is 6.07 Å². The van der Waals surface area contributed by atoms with Crippen molar-refractivity contribution >= 4 is 15.9 Å². The topological polar surface area (TPSA) is 99.5 Å². The monoisotopic (exact) mass is 389 g/mol. The summed E-state index contributed by atoms with van der Waals surface area (Å²) in [7, 11) is -3.58. The normalized spacial score (nSPS) is 23.6. The summed E-state index contributed by atoms with van der Waals surface area (Å²) >= 11 is 0. The maximum Gasteiger partial charge on any atom is 0.257 e. The molecule has 0 spiro atoms. The van der Waals surface area contributed by atoms with Gasteiger partial charge in [-0.15, -0.1) is 0 Å². The second kappa shape index (κ2) is 7.71. The molecule has 2 atom stereocenters. The summed E-state index contributed by atoms with van der Waals surface area (Å²) < 4.78 is 32.5. The molecule has 1 aromatic carbocycles. The van der Waals surface area contributed by atoms with Gasteiger partial charge in [0.2, 0.25) is 15.9 Å². The Morgan fingerprint density at radius 2 is 1.85 bits per heavy atom. The molecule has 144 valence electrons. The number of nitrogens with one attached hydrogen (secondary N) is 1. The van der Waals surface area contributed by atoms with Crippen LogP contribution in [0.15, 0.2) is 40.6 Å². The van der Waals surface area contributed by atoms with Gasteiger partial charge in [-0.1, -0.05) is 13.8 Å².